The minimum atomic E-state index is -1.01. The van der Waals surface area contributed by atoms with E-state index >= 15 is 0 Å². The Morgan fingerprint density at radius 3 is 2.61 bits per heavy atom. The van der Waals surface area contributed by atoms with Crippen molar-refractivity contribution in [2.45, 2.75) is 13.8 Å². The molecule has 2 aliphatic rings. The minimum absolute atomic E-state index is 0.175. The third-order valence-corrected chi connectivity index (χ3v) is 5.16. The van der Waals surface area contributed by atoms with Crippen molar-refractivity contribution in [1.29, 1.82) is 0 Å². The van der Waals surface area contributed by atoms with Gasteiger partial charge in [-0.3, -0.25) is 10.0 Å². The van der Waals surface area contributed by atoms with Gasteiger partial charge in [0.25, 0.3) is 0 Å². The van der Waals surface area contributed by atoms with E-state index in [-0.39, 0.29) is 5.70 Å². The molecule has 180 valence electrons. The maximum atomic E-state index is 12.5. The molecule has 2 aliphatic heterocycles. The lowest BCUT2D eigenvalue weighted by atomic mass is 10.2. The van der Waals surface area contributed by atoms with Gasteiger partial charge in [0.1, 0.15) is 17.2 Å². The van der Waals surface area contributed by atoms with Crippen LogP contribution in [0.25, 0.3) is 0 Å². The molecule has 0 atom stereocenters. The predicted octanol–water partition coefficient (Wildman–Crippen LogP) is 0.919. The highest BCUT2D eigenvalue weighted by Gasteiger charge is 2.42. The zero-order valence-corrected chi connectivity index (χ0v) is 20.2. The smallest absolute Gasteiger partial charge is 0.356 e. The normalized spacial score (nSPS) is 15.7. The van der Waals surface area contributed by atoms with Crippen LogP contribution < -0.4 is 10.6 Å². The lowest BCUT2D eigenvalue weighted by Gasteiger charge is -2.35. The fourth-order valence-electron chi connectivity index (χ4n) is 3.57. The first-order chi connectivity index (χ1) is 15.7. The van der Waals surface area contributed by atoms with E-state index in [0.717, 1.165) is 5.56 Å². The summed E-state index contributed by atoms with van der Waals surface area (Å²) in [5.41, 5.74) is 2.37. The van der Waals surface area contributed by atoms with E-state index in [1.165, 1.54) is 0 Å². The van der Waals surface area contributed by atoms with Gasteiger partial charge in [-0.15, -0.1) is 0 Å². The van der Waals surface area contributed by atoms with Gasteiger partial charge in [0.05, 0.1) is 19.7 Å². The third kappa shape index (κ3) is 5.55. The largest absolute Gasteiger partial charge is 0.476 e. The number of pyridine rings is 1. The Kier molecular flexibility index (Phi) is 7.77. The van der Waals surface area contributed by atoms with Gasteiger partial charge in [-0.05, 0) is 45.6 Å². The molecule has 0 bridgehead atoms. The number of hydrazine groups is 1. The molecule has 3 heterocycles. The van der Waals surface area contributed by atoms with Crippen LogP contribution in [0, 0.1) is 6.92 Å². The van der Waals surface area contributed by atoms with E-state index < -0.39 is 5.97 Å². The van der Waals surface area contributed by atoms with Crippen LogP contribution in [0.2, 0.25) is 0 Å². The van der Waals surface area contributed by atoms with Crippen LogP contribution in [-0.4, -0.2) is 103 Å². The number of guanidine groups is 1. The van der Waals surface area contributed by atoms with E-state index in [4.69, 9.17) is 9.73 Å². The van der Waals surface area contributed by atoms with E-state index in [0.29, 0.717) is 61.8 Å². The number of hydrogen-bond donors (Lipinski definition) is 3. The van der Waals surface area contributed by atoms with Crippen molar-refractivity contribution in [3.63, 3.8) is 0 Å². The number of aliphatic carboxylic acids is 1. The summed E-state index contributed by atoms with van der Waals surface area (Å²) in [6.07, 6.45) is 1.73. The second-order valence-electron chi connectivity index (χ2n) is 8.27. The molecule has 0 saturated heterocycles. The van der Waals surface area contributed by atoms with E-state index in [1.807, 2.05) is 69.0 Å². The fourth-order valence-corrected chi connectivity index (χ4v) is 3.57. The highest BCUT2D eigenvalue weighted by atomic mass is 16.5. The predicted molar refractivity (Wildman–Crippen MR) is 127 cm³/mol. The zero-order valence-electron chi connectivity index (χ0n) is 20.2. The summed E-state index contributed by atoms with van der Waals surface area (Å²) in [6, 6.07) is 3.84. The Morgan fingerprint density at radius 1 is 1.24 bits per heavy atom. The first-order valence-electron chi connectivity index (χ1n) is 10.9. The van der Waals surface area contributed by atoms with Gasteiger partial charge in [-0.2, -0.15) is 4.99 Å². The molecule has 33 heavy (non-hydrogen) atoms. The molecule has 0 unspecified atom stereocenters. The number of rotatable bonds is 10. The summed E-state index contributed by atoms with van der Waals surface area (Å²) in [7, 11) is 7.63. The molecule has 0 amide bonds. The van der Waals surface area contributed by atoms with Crippen molar-refractivity contribution in [2.24, 2.45) is 4.99 Å². The zero-order chi connectivity index (χ0) is 24.1. The van der Waals surface area contributed by atoms with Gasteiger partial charge >= 0.3 is 5.97 Å². The molecule has 1 aromatic heterocycles. The maximum Gasteiger partial charge on any atom is 0.356 e. The summed E-state index contributed by atoms with van der Waals surface area (Å²) >= 11 is 0. The molecule has 0 fully saturated rings. The topological polar surface area (TPSA) is 109 Å². The van der Waals surface area contributed by atoms with Crippen LogP contribution in [-0.2, 0) is 9.53 Å². The van der Waals surface area contributed by atoms with Gasteiger partial charge in [-0.25, -0.2) is 9.78 Å². The average Bonchev–Trinajstić information content (AvgIpc) is 3.06. The van der Waals surface area contributed by atoms with Gasteiger partial charge in [0, 0.05) is 33.4 Å². The number of ether oxygens (including phenoxy) is 1. The van der Waals surface area contributed by atoms with E-state index in [9.17, 15) is 9.90 Å². The molecular formula is C22H34N8O3. The van der Waals surface area contributed by atoms with Crippen LogP contribution in [0.5, 0.6) is 0 Å². The monoisotopic (exact) mass is 458 g/mol. The summed E-state index contributed by atoms with van der Waals surface area (Å²) in [4.78, 5) is 25.5. The van der Waals surface area contributed by atoms with Crippen LogP contribution >= 0.6 is 0 Å². The molecule has 11 heteroatoms. The summed E-state index contributed by atoms with van der Waals surface area (Å²) in [5, 5.41) is 20.5. The number of hydrogen-bond acceptors (Lipinski definition) is 10. The number of likely N-dealkylation sites (N-methyl/N-ethyl adjacent to an activating group) is 1. The highest BCUT2D eigenvalue weighted by molar-refractivity contribution is 5.93. The number of fused-ring (bicyclic) bond motifs is 1. The lowest BCUT2D eigenvalue weighted by Crippen LogP contribution is -2.44. The number of nitrogens with zero attached hydrogens (tertiary/aromatic N) is 6. The Labute approximate surface area is 195 Å². The van der Waals surface area contributed by atoms with Gasteiger partial charge in [-0.1, -0.05) is 0 Å². The van der Waals surface area contributed by atoms with Crippen molar-refractivity contribution in [1.82, 2.24) is 30.1 Å². The van der Waals surface area contributed by atoms with Crippen LogP contribution in [0.1, 0.15) is 12.5 Å². The number of anilines is 1. The van der Waals surface area contributed by atoms with Crippen LogP contribution in [0.3, 0.4) is 0 Å². The molecule has 0 spiro atoms. The molecule has 0 aliphatic carbocycles. The Balaban J connectivity index is 2.14. The Bertz CT molecular complexity index is 970. The standard InChI is InChI=1S/C22H34N8O3/c1-7-33-13-12-30-18-17(19(21(31)32)29(30)11-10-27(3)4)25-22(28(5)6)26-20(18)24-16-14-15(2)8-9-23-16/h8-9,14H,7,10-13H2,1-6H3,(H,23,24)(H,25,26)(H,31,32). The molecule has 11 nitrogen and oxygen atoms in total. The minimum Gasteiger partial charge on any atom is -0.476 e. The van der Waals surface area contributed by atoms with Gasteiger partial charge in [0.15, 0.2) is 11.5 Å². The summed E-state index contributed by atoms with van der Waals surface area (Å²) in [6.45, 7) is 6.58. The Hall–Kier alpha value is -3.31. The summed E-state index contributed by atoms with van der Waals surface area (Å²) < 4.78 is 5.61. The number of nitrogens with one attached hydrogen (secondary N) is 2. The number of carboxylic acid groups (broad SMARTS) is 1. The van der Waals surface area contributed by atoms with Crippen molar-refractivity contribution in [3.05, 3.63) is 46.8 Å². The average molecular weight is 459 g/mol. The van der Waals surface area contributed by atoms with Crippen molar-refractivity contribution in [3.8, 4) is 0 Å². The number of aliphatic imine (C=N–C) groups is 1. The second kappa shape index (κ2) is 10.5. The number of carbonyl (C=O) groups is 1. The van der Waals surface area contributed by atoms with Gasteiger partial charge < -0.3 is 30.3 Å². The number of aromatic nitrogens is 1. The SMILES string of the molecule is CCOCCN1C2=C(Nc3cc(C)ccn3)N=C(N(C)C)NC2=C(C(=O)O)N1CCN(C)C. The first kappa shape index (κ1) is 24.3. The first-order valence-corrected chi connectivity index (χ1v) is 10.9. The van der Waals surface area contributed by atoms with Crippen molar-refractivity contribution >= 4 is 17.7 Å². The molecular weight excluding hydrogens is 424 g/mol. The Morgan fingerprint density at radius 2 is 2.00 bits per heavy atom. The number of carboxylic acids is 1. The quantitative estimate of drug-likeness (QED) is 0.438. The molecule has 0 radical (unpaired) electrons. The maximum absolute atomic E-state index is 12.5. The van der Waals surface area contributed by atoms with E-state index in [1.54, 1.807) is 11.2 Å². The van der Waals surface area contributed by atoms with Gasteiger partial charge in [0.2, 0.25) is 5.96 Å². The fraction of sp³-hybridized carbons (Fsp3) is 0.500. The molecule has 3 rings (SSSR count). The van der Waals surface area contributed by atoms with Crippen molar-refractivity contribution in [2.75, 3.05) is 66.4 Å². The van der Waals surface area contributed by atoms with E-state index in [2.05, 4.69) is 15.6 Å². The number of aryl methyl sites for hydroxylation is 1. The highest BCUT2D eigenvalue weighted by Crippen LogP contribution is 2.36. The van der Waals surface area contributed by atoms with Crippen LogP contribution in [0.15, 0.2) is 46.2 Å². The molecule has 0 aromatic carbocycles. The molecule has 1 aromatic rings. The summed E-state index contributed by atoms with van der Waals surface area (Å²) in [5.74, 6) is 0.671. The van der Waals surface area contributed by atoms with Crippen molar-refractivity contribution < 1.29 is 14.6 Å². The van der Waals surface area contributed by atoms with Crippen LogP contribution in [0.4, 0.5) is 5.82 Å². The second-order valence-corrected chi connectivity index (χ2v) is 8.27. The lowest BCUT2D eigenvalue weighted by molar-refractivity contribution is -0.136. The molecule has 0 saturated carbocycles. The third-order valence-electron chi connectivity index (χ3n) is 5.16. The molecule has 3 N–H and O–H groups in total.